The van der Waals surface area contributed by atoms with Crippen molar-refractivity contribution in [1.82, 2.24) is 0 Å². The van der Waals surface area contributed by atoms with Gasteiger partial charge >= 0.3 is 5.97 Å². The molecule has 0 saturated carbocycles. The van der Waals surface area contributed by atoms with Crippen LogP contribution in [0.3, 0.4) is 0 Å². The molecule has 0 aliphatic heterocycles. The molecule has 0 aliphatic carbocycles. The Morgan fingerprint density at radius 3 is 2.47 bits per heavy atom. The van der Waals surface area contributed by atoms with Crippen LogP contribution < -0.4 is 0 Å². The number of aliphatic carboxylic acids is 1. The van der Waals surface area contributed by atoms with Crippen molar-refractivity contribution in [2.24, 2.45) is 11.3 Å². The molecule has 0 radical (unpaired) electrons. The van der Waals surface area contributed by atoms with E-state index in [1.165, 1.54) is 0 Å². The molecule has 1 aromatic rings. The molecule has 0 fully saturated rings. The fourth-order valence-electron chi connectivity index (χ4n) is 1.61. The van der Waals surface area contributed by atoms with Gasteiger partial charge in [-0.05, 0) is 30.9 Å². The summed E-state index contributed by atoms with van der Waals surface area (Å²) in [7, 11) is 0. The molecule has 0 aromatic heterocycles. The number of carboxylic acids is 1. The molecular formula is C13H16Cl2O2. The second kappa shape index (κ2) is 5.28. The third-order valence-electron chi connectivity index (χ3n) is 3.35. The van der Waals surface area contributed by atoms with Gasteiger partial charge < -0.3 is 5.11 Å². The second-order valence-electron chi connectivity index (χ2n) is 4.77. The molecule has 1 atom stereocenters. The summed E-state index contributed by atoms with van der Waals surface area (Å²) in [5.74, 6) is -0.807. The van der Waals surface area contributed by atoms with Crippen LogP contribution in [0.4, 0.5) is 0 Å². The molecule has 1 N–H and O–H groups in total. The minimum absolute atomic E-state index is 0.00930. The van der Waals surface area contributed by atoms with Gasteiger partial charge in [0.1, 0.15) is 0 Å². The van der Waals surface area contributed by atoms with Crippen LogP contribution in [0, 0.1) is 11.3 Å². The van der Waals surface area contributed by atoms with E-state index in [0.29, 0.717) is 16.5 Å². The van der Waals surface area contributed by atoms with E-state index in [9.17, 15) is 9.90 Å². The molecule has 0 spiro atoms. The van der Waals surface area contributed by atoms with Gasteiger partial charge in [0.05, 0.1) is 15.5 Å². The molecule has 2 nitrogen and oxygen atoms in total. The predicted octanol–water partition coefficient (Wildman–Crippen LogP) is 4.28. The molecule has 17 heavy (non-hydrogen) atoms. The van der Waals surface area contributed by atoms with Crippen LogP contribution in [0.5, 0.6) is 0 Å². The van der Waals surface area contributed by atoms with Crippen molar-refractivity contribution in [3.8, 4) is 0 Å². The van der Waals surface area contributed by atoms with E-state index in [1.807, 2.05) is 19.9 Å². The van der Waals surface area contributed by atoms with E-state index in [-0.39, 0.29) is 5.92 Å². The monoisotopic (exact) mass is 274 g/mol. The minimum Gasteiger partial charge on any atom is -0.481 e. The van der Waals surface area contributed by atoms with Crippen molar-refractivity contribution in [2.75, 3.05) is 0 Å². The highest BCUT2D eigenvalue weighted by Gasteiger charge is 2.37. The van der Waals surface area contributed by atoms with Crippen LogP contribution in [0.25, 0.3) is 0 Å². The zero-order chi connectivity index (χ0) is 13.2. The van der Waals surface area contributed by atoms with E-state index < -0.39 is 11.4 Å². The van der Waals surface area contributed by atoms with Gasteiger partial charge in [-0.2, -0.15) is 0 Å². The van der Waals surface area contributed by atoms with Crippen LogP contribution >= 0.6 is 23.2 Å². The van der Waals surface area contributed by atoms with Crippen molar-refractivity contribution >= 4 is 29.2 Å². The van der Waals surface area contributed by atoms with Crippen molar-refractivity contribution in [1.29, 1.82) is 0 Å². The topological polar surface area (TPSA) is 37.3 Å². The maximum Gasteiger partial charge on any atom is 0.309 e. The van der Waals surface area contributed by atoms with Crippen molar-refractivity contribution < 1.29 is 9.90 Å². The average Bonchev–Trinajstić information content (AvgIpc) is 2.24. The molecule has 0 aliphatic rings. The molecular weight excluding hydrogens is 259 g/mol. The number of benzene rings is 1. The van der Waals surface area contributed by atoms with Gasteiger partial charge in [0.25, 0.3) is 0 Å². The first kappa shape index (κ1) is 14.3. The summed E-state index contributed by atoms with van der Waals surface area (Å²) in [6.45, 7) is 5.52. The molecule has 1 unspecified atom stereocenters. The van der Waals surface area contributed by atoms with E-state index in [1.54, 1.807) is 19.1 Å². The Kier molecular flexibility index (Phi) is 4.45. The Hall–Kier alpha value is -0.730. The van der Waals surface area contributed by atoms with Crippen molar-refractivity contribution in [3.05, 3.63) is 33.8 Å². The summed E-state index contributed by atoms with van der Waals surface area (Å²) in [4.78, 5) is 11.4. The highest BCUT2D eigenvalue weighted by Crippen LogP contribution is 2.35. The summed E-state index contributed by atoms with van der Waals surface area (Å²) in [6, 6.07) is 5.30. The van der Waals surface area contributed by atoms with Crippen molar-refractivity contribution in [3.63, 3.8) is 0 Å². The van der Waals surface area contributed by atoms with Gasteiger partial charge in [0.15, 0.2) is 0 Å². The molecule has 94 valence electrons. The first-order chi connectivity index (χ1) is 7.79. The molecule has 0 amide bonds. The quantitative estimate of drug-likeness (QED) is 0.890. The normalized spacial score (nSPS) is 14.7. The Morgan fingerprint density at radius 1 is 1.41 bits per heavy atom. The van der Waals surface area contributed by atoms with Crippen LogP contribution in [-0.2, 0) is 11.2 Å². The van der Waals surface area contributed by atoms with Crippen LogP contribution in [0.2, 0.25) is 10.0 Å². The van der Waals surface area contributed by atoms with Gasteiger partial charge in [-0.25, -0.2) is 0 Å². The lowest BCUT2D eigenvalue weighted by Crippen LogP contribution is -2.35. The number of hydrogen-bond donors (Lipinski definition) is 1. The van der Waals surface area contributed by atoms with E-state index in [2.05, 4.69) is 0 Å². The minimum atomic E-state index is -0.839. The van der Waals surface area contributed by atoms with Crippen molar-refractivity contribution in [2.45, 2.75) is 27.2 Å². The maximum atomic E-state index is 11.4. The SMILES string of the molecule is CC(C)C(C)(Cc1cccc(Cl)c1Cl)C(=O)O. The van der Waals surface area contributed by atoms with Crippen LogP contribution in [0.15, 0.2) is 18.2 Å². The lowest BCUT2D eigenvalue weighted by Gasteiger charge is -2.29. The number of carbonyl (C=O) groups is 1. The molecule has 1 aromatic carbocycles. The van der Waals surface area contributed by atoms with Crippen LogP contribution in [-0.4, -0.2) is 11.1 Å². The molecule has 0 saturated heterocycles. The fraction of sp³-hybridized carbons (Fsp3) is 0.462. The highest BCUT2D eigenvalue weighted by atomic mass is 35.5. The largest absolute Gasteiger partial charge is 0.481 e. The average molecular weight is 275 g/mol. The van der Waals surface area contributed by atoms with Gasteiger partial charge in [-0.1, -0.05) is 49.2 Å². The number of rotatable bonds is 4. The maximum absolute atomic E-state index is 11.4. The summed E-state index contributed by atoms with van der Waals surface area (Å²) in [5, 5.41) is 10.3. The second-order valence-corrected chi connectivity index (χ2v) is 5.55. The zero-order valence-corrected chi connectivity index (χ0v) is 11.6. The van der Waals surface area contributed by atoms with Gasteiger partial charge in [-0.15, -0.1) is 0 Å². The summed E-state index contributed by atoms with van der Waals surface area (Å²) in [6.07, 6.45) is 0.374. The first-order valence-electron chi connectivity index (χ1n) is 5.45. The molecule has 1 rings (SSSR count). The summed E-state index contributed by atoms with van der Waals surface area (Å²) >= 11 is 12.0. The lowest BCUT2D eigenvalue weighted by atomic mass is 9.74. The summed E-state index contributed by atoms with van der Waals surface area (Å²) < 4.78 is 0. The molecule has 0 bridgehead atoms. The highest BCUT2D eigenvalue weighted by molar-refractivity contribution is 6.42. The lowest BCUT2D eigenvalue weighted by molar-refractivity contribution is -0.150. The number of hydrogen-bond acceptors (Lipinski definition) is 1. The molecule has 4 heteroatoms. The predicted molar refractivity (Wildman–Crippen MR) is 70.7 cm³/mol. The van der Waals surface area contributed by atoms with Gasteiger partial charge in [0, 0.05) is 0 Å². The standard InChI is InChI=1S/C13H16Cl2O2/c1-8(2)13(3,12(16)17)7-9-5-4-6-10(14)11(9)15/h4-6,8H,7H2,1-3H3,(H,16,17). The zero-order valence-electron chi connectivity index (χ0n) is 10.1. The van der Waals surface area contributed by atoms with Gasteiger partial charge in [-0.3, -0.25) is 4.79 Å². The van der Waals surface area contributed by atoms with Crippen LogP contribution in [0.1, 0.15) is 26.3 Å². The third kappa shape index (κ3) is 2.93. The van der Waals surface area contributed by atoms with E-state index in [4.69, 9.17) is 23.2 Å². The third-order valence-corrected chi connectivity index (χ3v) is 4.21. The Labute approximate surface area is 112 Å². The number of halogens is 2. The van der Waals surface area contributed by atoms with E-state index in [0.717, 1.165) is 5.56 Å². The fourth-order valence-corrected chi connectivity index (χ4v) is 1.99. The Bertz CT molecular complexity index is 429. The van der Waals surface area contributed by atoms with Gasteiger partial charge in [0.2, 0.25) is 0 Å². The summed E-state index contributed by atoms with van der Waals surface area (Å²) in [5.41, 5.74) is -0.0633. The molecule has 0 heterocycles. The Balaban J connectivity index is 3.11. The first-order valence-corrected chi connectivity index (χ1v) is 6.21. The smallest absolute Gasteiger partial charge is 0.309 e. The Morgan fingerprint density at radius 2 is 2.00 bits per heavy atom. The van der Waals surface area contributed by atoms with E-state index >= 15 is 0 Å². The number of carboxylic acid groups (broad SMARTS) is 1.